The third-order valence-electron chi connectivity index (χ3n) is 4.33. The highest BCUT2D eigenvalue weighted by Crippen LogP contribution is 2.33. The van der Waals surface area contributed by atoms with Crippen molar-refractivity contribution in [2.75, 3.05) is 12.0 Å². The van der Waals surface area contributed by atoms with Crippen molar-refractivity contribution in [3.8, 4) is 17.6 Å². The summed E-state index contributed by atoms with van der Waals surface area (Å²) in [5, 5.41) is 11.5. The van der Waals surface area contributed by atoms with Gasteiger partial charge in [0.05, 0.1) is 30.1 Å². The molecule has 0 fully saturated rings. The van der Waals surface area contributed by atoms with E-state index in [0.29, 0.717) is 27.9 Å². The summed E-state index contributed by atoms with van der Waals surface area (Å²) in [7, 11) is 1.53. The first-order valence-electron chi connectivity index (χ1n) is 9.11. The Morgan fingerprint density at radius 2 is 2.03 bits per heavy atom. The number of amides is 1. The van der Waals surface area contributed by atoms with E-state index in [0.717, 1.165) is 17.7 Å². The van der Waals surface area contributed by atoms with Gasteiger partial charge in [0.25, 0.3) is 0 Å². The lowest BCUT2D eigenvalue weighted by Crippen LogP contribution is -2.23. The van der Waals surface area contributed by atoms with E-state index in [-0.39, 0.29) is 12.5 Å². The number of thiazole rings is 1. The molecule has 0 spiro atoms. The van der Waals surface area contributed by atoms with Gasteiger partial charge in [0.2, 0.25) is 5.91 Å². The molecule has 1 aromatic heterocycles. The molecule has 0 aliphatic rings. The molecule has 0 unspecified atom stereocenters. The fourth-order valence-electron chi connectivity index (χ4n) is 2.91. The maximum absolute atomic E-state index is 12.4. The van der Waals surface area contributed by atoms with Crippen molar-refractivity contribution >= 4 is 28.1 Å². The van der Waals surface area contributed by atoms with Crippen LogP contribution in [-0.2, 0) is 17.8 Å². The monoisotopic (exact) mass is 407 g/mol. The number of nitriles is 1. The molecule has 0 aliphatic carbocycles. The molecule has 148 valence electrons. The van der Waals surface area contributed by atoms with E-state index >= 15 is 0 Å². The number of rotatable bonds is 7. The van der Waals surface area contributed by atoms with Gasteiger partial charge in [-0.2, -0.15) is 5.26 Å². The second-order valence-electron chi connectivity index (χ2n) is 6.22. The van der Waals surface area contributed by atoms with Gasteiger partial charge in [-0.15, -0.1) is 11.3 Å². The third kappa shape index (κ3) is 4.55. The summed E-state index contributed by atoms with van der Waals surface area (Å²) in [6, 6.07) is 14.9. The first-order chi connectivity index (χ1) is 14.1. The van der Waals surface area contributed by atoms with Crippen molar-refractivity contribution in [1.82, 2.24) is 4.98 Å². The van der Waals surface area contributed by atoms with Gasteiger partial charge in [-0.3, -0.25) is 9.69 Å². The number of hydrogen-bond acceptors (Lipinski definition) is 6. The van der Waals surface area contributed by atoms with E-state index in [1.807, 2.05) is 29.6 Å². The van der Waals surface area contributed by atoms with E-state index < -0.39 is 0 Å². The van der Waals surface area contributed by atoms with Crippen LogP contribution in [0.1, 0.15) is 30.7 Å². The maximum Gasteiger partial charge on any atom is 0.230 e. The molecule has 2 aromatic carbocycles. The van der Waals surface area contributed by atoms with Gasteiger partial charge in [0.15, 0.2) is 16.6 Å². The largest absolute Gasteiger partial charge is 0.493 e. The standard InChI is InChI=1S/C22H21N3O3S/c1-4-17-7-5-6-8-19(17)25(15(2)26)22-24-18(14-29-22)13-28-20-10-9-16(12-23)11-21(20)27-3/h5-11,14H,4,13H2,1-3H3. The Balaban J connectivity index is 1.81. The highest BCUT2D eigenvalue weighted by molar-refractivity contribution is 7.14. The molecule has 6 nitrogen and oxygen atoms in total. The van der Waals surface area contributed by atoms with Crippen LogP contribution in [0.4, 0.5) is 10.8 Å². The van der Waals surface area contributed by atoms with Crippen LogP contribution in [0.2, 0.25) is 0 Å². The molecule has 0 aliphatic heterocycles. The molecule has 3 rings (SSSR count). The number of benzene rings is 2. The van der Waals surface area contributed by atoms with Crippen molar-refractivity contribution < 1.29 is 14.3 Å². The van der Waals surface area contributed by atoms with Gasteiger partial charge < -0.3 is 9.47 Å². The van der Waals surface area contributed by atoms with E-state index in [1.54, 1.807) is 23.1 Å². The fraction of sp³-hybridized carbons (Fsp3) is 0.227. The van der Waals surface area contributed by atoms with Crippen LogP contribution in [0.25, 0.3) is 0 Å². The molecule has 1 amide bonds. The van der Waals surface area contributed by atoms with Gasteiger partial charge in [0.1, 0.15) is 6.61 Å². The lowest BCUT2D eigenvalue weighted by molar-refractivity contribution is -0.115. The zero-order valence-electron chi connectivity index (χ0n) is 16.5. The Labute approximate surface area is 174 Å². The number of anilines is 2. The summed E-state index contributed by atoms with van der Waals surface area (Å²) >= 11 is 1.39. The minimum absolute atomic E-state index is 0.0959. The quantitative estimate of drug-likeness (QED) is 0.560. The zero-order chi connectivity index (χ0) is 20.8. The van der Waals surface area contributed by atoms with Crippen molar-refractivity contribution in [2.24, 2.45) is 0 Å². The number of nitrogens with zero attached hydrogens (tertiary/aromatic N) is 3. The van der Waals surface area contributed by atoms with Gasteiger partial charge in [-0.1, -0.05) is 25.1 Å². The van der Waals surface area contributed by atoms with E-state index in [9.17, 15) is 4.79 Å². The molecular weight excluding hydrogens is 386 g/mol. The minimum Gasteiger partial charge on any atom is -0.493 e. The van der Waals surface area contributed by atoms with Crippen molar-refractivity contribution in [1.29, 1.82) is 5.26 Å². The predicted molar refractivity (Wildman–Crippen MR) is 113 cm³/mol. The van der Waals surface area contributed by atoms with Crippen LogP contribution >= 0.6 is 11.3 Å². The summed E-state index contributed by atoms with van der Waals surface area (Å²) in [4.78, 5) is 18.6. The van der Waals surface area contributed by atoms with Crippen molar-refractivity contribution in [3.63, 3.8) is 0 Å². The highest BCUT2D eigenvalue weighted by atomic mass is 32.1. The number of hydrogen-bond donors (Lipinski definition) is 0. The second kappa shape index (κ2) is 9.22. The normalized spacial score (nSPS) is 10.3. The fourth-order valence-corrected chi connectivity index (χ4v) is 3.77. The molecule has 1 heterocycles. The predicted octanol–water partition coefficient (Wildman–Crippen LogP) is 4.85. The number of para-hydroxylation sites is 1. The van der Waals surface area contributed by atoms with Gasteiger partial charge in [-0.05, 0) is 30.2 Å². The van der Waals surface area contributed by atoms with E-state index in [2.05, 4.69) is 18.0 Å². The Morgan fingerprint density at radius 3 is 2.72 bits per heavy atom. The Hall–Kier alpha value is -3.37. The van der Waals surface area contributed by atoms with Crippen LogP contribution in [0, 0.1) is 11.3 Å². The van der Waals surface area contributed by atoms with Crippen LogP contribution in [0.3, 0.4) is 0 Å². The maximum atomic E-state index is 12.4. The van der Waals surface area contributed by atoms with Gasteiger partial charge in [-0.25, -0.2) is 4.98 Å². The number of methoxy groups -OCH3 is 1. The second-order valence-corrected chi connectivity index (χ2v) is 7.06. The Kier molecular flexibility index (Phi) is 6.47. The van der Waals surface area contributed by atoms with Crippen LogP contribution in [0.15, 0.2) is 47.8 Å². The molecule has 0 atom stereocenters. The van der Waals surface area contributed by atoms with Crippen LogP contribution in [-0.4, -0.2) is 18.0 Å². The van der Waals surface area contributed by atoms with Crippen molar-refractivity contribution in [2.45, 2.75) is 26.9 Å². The molecule has 0 saturated heterocycles. The van der Waals surface area contributed by atoms with Crippen LogP contribution in [0.5, 0.6) is 11.5 Å². The summed E-state index contributed by atoms with van der Waals surface area (Å²) in [6.45, 7) is 3.81. The average Bonchev–Trinajstić information content (AvgIpc) is 3.20. The third-order valence-corrected chi connectivity index (χ3v) is 5.20. The van der Waals surface area contributed by atoms with Gasteiger partial charge in [0, 0.05) is 18.4 Å². The zero-order valence-corrected chi connectivity index (χ0v) is 17.3. The lowest BCUT2D eigenvalue weighted by atomic mass is 10.1. The topological polar surface area (TPSA) is 75.5 Å². The number of aryl methyl sites for hydroxylation is 1. The molecule has 0 N–H and O–H groups in total. The molecule has 29 heavy (non-hydrogen) atoms. The number of aromatic nitrogens is 1. The molecule has 0 radical (unpaired) electrons. The summed E-state index contributed by atoms with van der Waals surface area (Å²) < 4.78 is 11.1. The SMILES string of the molecule is CCc1ccccc1N(C(C)=O)c1nc(COc2ccc(C#N)cc2OC)cs1. The molecule has 0 saturated carbocycles. The van der Waals surface area contributed by atoms with Crippen LogP contribution < -0.4 is 14.4 Å². The molecule has 0 bridgehead atoms. The van der Waals surface area contributed by atoms with E-state index in [1.165, 1.54) is 25.4 Å². The first-order valence-corrected chi connectivity index (χ1v) is 9.99. The van der Waals surface area contributed by atoms with Crippen molar-refractivity contribution in [3.05, 3.63) is 64.7 Å². The lowest BCUT2D eigenvalue weighted by Gasteiger charge is -2.21. The molecular formula is C22H21N3O3S. The molecule has 3 aromatic rings. The number of ether oxygens (including phenoxy) is 2. The first kappa shape index (κ1) is 20.4. The smallest absolute Gasteiger partial charge is 0.230 e. The Bertz CT molecular complexity index is 1060. The molecule has 7 heteroatoms. The van der Waals surface area contributed by atoms with Gasteiger partial charge >= 0.3 is 0 Å². The minimum atomic E-state index is -0.0959. The number of carbonyl (C=O) groups excluding carboxylic acids is 1. The summed E-state index contributed by atoms with van der Waals surface area (Å²) in [5.74, 6) is 0.920. The average molecular weight is 407 g/mol. The number of carbonyl (C=O) groups is 1. The summed E-state index contributed by atoms with van der Waals surface area (Å²) in [5.41, 5.74) is 3.13. The summed E-state index contributed by atoms with van der Waals surface area (Å²) in [6.07, 6.45) is 0.819. The van der Waals surface area contributed by atoms with E-state index in [4.69, 9.17) is 14.7 Å². The Morgan fingerprint density at radius 1 is 1.24 bits per heavy atom. The highest BCUT2D eigenvalue weighted by Gasteiger charge is 2.20.